The Morgan fingerprint density at radius 2 is 0.711 bits per heavy atom. The molecule has 76 heavy (non-hydrogen) atoms. The third-order valence-corrected chi connectivity index (χ3v) is 14.0. The van der Waals surface area contributed by atoms with Crippen molar-refractivity contribution >= 4 is 17.9 Å². The normalized spacial score (nSPS) is 13.1. The van der Waals surface area contributed by atoms with Gasteiger partial charge in [0.25, 0.3) is 6.29 Å². The van der Waals surface area contributed by atoms with Crippen LogP contribution in [0.15, 0.2) is 60.8 Å². The van der Waals surface area contributed by atoms with Gasteiger partial charge >= 0.3 is 17.9 Å². The van der Waals surface area contributed by atoms with Crippen LogP contribution in [-0.4, -0.2) is 87.4 Å². The molecule has 0 aliphatic carbocycles. The molecule has 0 rings (SSSR count). The molecule has 1 N–H and O–H groups in total. The van der Waals surface area contributed by atoms with E-state index in [1.54, 1.807) is 0 Å². The molecule has 0 saturated carbocycles. The molecule has 2 atom stereocenters. The zero-order chi connectivity index (χ0) is 55.5. The zero-order valence-corrected chi connectivity index (χ0v) is 50.4. The fraction of sp³-hybridized carbons (Fsp3) is 0.806. The first-order valence-electron chi connectivity index (χ1n) is 32.0. The van der Waals surface area contributed by atoms with E-state index in [1.165, 1.54) is 193 Å². The summed E-state index contributed by atoms with van der Waals surface area (Å²) in [6.45, 7) is 4.87. The number of allylic oxidation sites excluding steroid dienone is 10. The van der Waals surface area contributed by atoms with Crippen LogP contribution in [0.1, 0.15) is 290 Å². The van der Waals surface area contributed by atoms with Gasteiger partial charge in [-0.2, -0.15) is 0 Å². The Morgan fingerprint density at radius 1 is 0.395 bits per heavy atom. The van der Waals surface area contributed by atoms with Crippen molar-refractivity contribution in [3.8, 4) is 0 Å². The molecule has 9 heteroatoms. The highest BCUT2D eigenvalue weighted by Gasteiger charge is 2.25. The summed E-state index contributed by atoms with van der Waals surface area (Å²) in [6, 6.07) is 0. The van der Waals surface area contributed by atoms with Gasteiger partial charge in [0.2, 0.25) is 0 Å². The number of aliphatic carboxylic acids is 1. The molecule has 0 aromatic rings. The van der Waals surface area contributed by atoms with Crippen LogP contribution in [0, 0.1) is 0 Å². The van der Waals surface area contributed by atoms with Crippen LogP contribution >= 0.6 is 0 Å². The van der Waals surface area contributed by atoms with Crippen LogP contribution in [-0.2, 0) is 33.3 Å². The molecule has 0 aromatic carbocycles. The lowest BCUT2D eigenvalue weighted by Crippen LogP contribution is -2.40. The first-order valence-corrected chi connectivity index (χ1v) is 32.0. The molecule has 0 radical (unpaired) electrons. The molecule has 0 aliphatic rings. The number of carboxylic acids is 1. The van der Waals surface area contributed by atoms with Crippen molar-refractivity contribution in [1.29, 1.82) is 0 Å². The maximum Gasteiger partial charge on any atom is 0.361 e. The van der Waals surface area contributed by atoms with E-state index in [9.17, 15) is 19.5 Å². The second-order valence-corrected chi connectivity index (χ2v) is 22.7. The molecule has 0 aliphatic heterocycles. The standard InChI is InChI=1S/C67H121NO8/c1-6-8-10-12-14-16-18-20-22-24-26-27-28-29-30-31-32-33-34-35-36-37-38-39-40-42-44-46-48-50-52-54-56-58-65(70)76-63(62-75-67(66(71)72)73-60-59-68(3,4)5)61-74-64(69)57-55-53-51-49-47-45-43-41-25-23-21-19-17-15-13-11-9-7-2/h17-20,23-26,28-29,63,67H,6-16,21-22,27,30-62H2,1-5H3/p+1/b19-17-,20-18-,25-23-,26-24-,29-28-. The van der Waals surface area contributed by atoms with Gasteiger partial charge in [-0.25, -0.2) is 4.79 Å². The van der Waals surface area contributed by atoms with Crippen LogP contribution in [0.5, 0.6) is 0 Å². The maximum atomic E-state index is 12.9. The van der Waals surface area contributed by atoms with Crippen LogP contribution in [0.4, 0.5) is 0 Å². The molecule has 0 fully saturated rings. The van der Waals surface area contributed by atoms with E-state index in [-0.39, 0.29) is 32.2 Å². The number of carbonyl (C=O) groups excluding carboxylic acids is 2. The average Bonchev–Trinajstić information content (AvgIpc) is 3.39. The van der Waals surface area contributed by atoms with Crippen molar-refractivity contribution in [2.24, 2.45) is 0 Å². The lowest BCUT2D eigenvalue weighted by molar-refractivity contribution is -0.870. The van der Waals surface area contributed by atoms with Crippen molar-refractivity contribution in [2.75, 3.05) is 47.5 Å². The predicted molar refractivity (Wildman–Crippen MR) is 323 cm³/mol. The second-order valence-electron chi connectivity index (χ2n) is 22.7. The van der Waals surface area contributed by atoms with Crippen molar-refractivity contribution in [3.05, 3.63) is 60.8 Å². The molecule has 0 amide bonds. The number of likely N-dealkylation sites (N-methyl/N-ethyl adjacent to an activating group) is 1. The largest absolute Gasteiger partial charge is 0.477 e. The molecule has 0 saturated heterocycles. The van der Waals surface area contributed by atoms with Gasteiger partial charge in [-0.05, 0) is 83.5 Å². The Morgan fingerprint density at radius 3 is 1.07 bits per heavy atom. The molecule has 442 valence electrons. The Labute approximate surface area is 469 Å². The minimum absolute atomic E-state index is 0.185. The van der Waals surface area contributed by atoms with Gasteiger partial charge in [0, 0.05) is 12.8 Å². The number of rotatable bonds is 59. The molecule has 2 unspecified atom stereocenters. The van der Waals surface area contributed by atoms with Gasteiger partial charge in [0.05, 0.1) is 34.4 Å². The first-order chi connectivity index (χ1) is 37.1. The van der Waals surface area contributed by atoms with Gasteiger partial charge in [0.15, 0.2) is 6.10 Å². The van der Waals surface area contributed by atoms with Gasteiger partial charge in [-0.3, -0.25) is 9.59 Å². The number of ether oxygens (including phenoxy) is 4. The Balaban J connectivity index is 4.11. The number of unbranched alkanes of at least 4 members (excludes halogenated alkanes) is 34. The molecule has 0 heterocycles. The van der Waals surface area contributed by atoms with E-state index in [2.05, 4.69) is 74.6 Å². The quantitative estimate of drug-likeness (QED) is 0.0211. The second kappa shape index (κ2) is 58.1. The molecular weight excluding hydrogens is 947 g/mol. The summed E-state index contributed by atoms with van der Waals surface area (Å²) in [5.41, 5.74) is 0. The third-order valence-electron chi connectivity index (χ3n) is 14.0. The number of hydrogen-bond donors (Lipinski definition) is 1. The van der Waals surface area contributed by atoms with E-state index in [0.717, 1.165) is 70.6 Å². The third kappa shape index (κ3) is 58.7. The Hall–Kier alpha value is -3.01. The van der Waals surface area contributed by atoms with E-state index in [4.69, 9.17) is 18.9 Å². The van der Waals surface area contributed by atoms with Crippen molar-refractivity contribution in [2.45, 2.75) is 302 Å². The fourth-order valence-electron chi connectivity index (χ4n) is 9.05. The summed E-state index contributed by atoms with van der Waals surface area (Å²) >= 11 is 0. The van der Waals surface area contributed by atoms with E-state index in [1.807, 2.05) is 21.1 Å². The average molecular weight is 1070 g/mol. The fourth-order valence-corrected chi connectivity index (χ4v) is 9.05. The van der Waals surface area contributed by atoms with Gasteiger partial charge in [-0.15, -0.1) is 0 Å². The highest BCUT2D eigenvalue weighted by atomic mass is 16.7. The zero-order valence-electron chi connectivity index (χ0n) is 50.4. The Bertz CT molecular complexity index is 1430. The number of quaternary nitrogens is 1. The lowest BCUT2D eigenvalue weighted by Gasteiger charge is -2.25. The monoisotopic (exact) mass is 1070 g/mol. The molecular formula is C67H122NO8+. The lowest BCUT2D eigenvalue weighted by atomic mass is 10.0. The van der Waals surface area contributed by atoms with Crippen LogP contribution in [0.25, 0.3) is 0 Å². The minimum Gasteiger partial charge on any atom is -0.477 e. The highest BCUT2D eigenvalue weighted by molar-refractivity contribution is 5.71. The summed E-state index contributed by atoms with van der Waals surface area (Å²) in [5.74, 6) is -2.00. The van der Waals surface area contributed by atoms with E-state index < -0.39 is 24.3 Å². The Kier molecular flexibility index (Phi) is 55.8. The summed E-state index contributed by atoms with van der Waals surface area (Å²) in [7, 11) is 5.97. The summed E-state index contributed by atoms with van der Waals surface area (Å²) in [5, 5.41) is 9.72. The van der Waals surface area contributed by atoms with Crippen LogP contribution in [0.3, 0.4) is 0 Å². The molecule has 0 aromatic heterocycles. The SMILES string of the molecule is CCCCCC/C=C\C/C=C\CCCCCCCCCC(=O)OCC(COC(OCC[N+](C)(C)C)C(=O)O)OC(=O)CCCCCCCCCCCCCCCCCCCC/C=C\C/C=C\C/C=C\CCCCCCC. The number of nitrogens with zero attached hydrogens (tertiary/aromatic N) is 1. The van der Waals surface area contributed by atoms with Gasteiger partial charge < -0.3 is 28.5 Å². The van der Waals surface area contributed by atoms with Crippen molar-refractivity contribution < 1.29 is 42.9 Å². The van der Waals surface area contributed by atoms with Crippen molar-refractivity contribution in [3.63, 3.8) is 0 Å². The number of esters is 2. The van der Waals surface area contributed by atoms with Gasteiger partial charge in [-0.1, -0.05) is 254 Å². The molecule has 0 bridgehead atoms. The first kappa shape index (κ1) is 73.0. The summed E-state index contributed by atoms with van der Waals surface area (Å²) < 4.78 is 22.9. The highest BCUT2D eigenvalue weighted by Crippen LogP contribution is 2.17. The minimum atomic E-state index is -1.51. The maximum absolute atomic E-state index is 12.9. The summed E-state index contributed by atoms with van der Waals surface area (Å²) in [4.78, 5) is 37.5. The number of carboxylic acid groups (broad SMARTS) is 1. The molecule has 9 nitrogen and oxygen atoms in total. The van der Waals surface area contributed by atoms with Gasteiger partial charge in [0.1, 0.15) is 13.2 Å². The van der Waals surface area contributed by atoms with Crippen LogP contribution in [0.2, 0.25) is 0 Å². The summed E-state index contributed by atoms with van der Waals surface area (Å²) in [6.07, 6.45) is 71.7. The smallest absolute Gasteiger partial charge is 0.361 e. The molecule has 0 spiro atoms. The van der Waals surface area contributed by atoms with E-state index in [0.29, 0.717) is 17.4 Å². The van der Waals surface area contributed by atoms with Crippen molar-refractivity contribution in [1.82, 2.24) is 0 Å². The van der Waals surface area contributed by atoms with E-state index >= 15 is 0 Å². The predicted octanol–water partition coefficient (Wildman–Crippen LogP) is 19.2. The van der Waals surface area contributed by atoms with Crippen LogP contribution < -0.4 is 0 Å². The number of carbonyl (C=O) groups is 3. The number of hydrogen-bond acceptors (Lipinski definition) is 7. The topological polar surface area (TPSA) is 108 Å².